The molecule has 1 atom stereocenters. The Hall–Kier alpha value is -3.86. The highest BCUT2D eigenvalue weighted by Crippen LogP contribution is 2.38. The second-order valence-corrected chi connectivity index (χ2v) is 9.35. The van der Waals surface area contributed by atoms with Gasteiger partial charge in [0.25, 0.3) is 17.7 Å². The number of ether oxygens (including phenoxy) is 1. The molecule has 180 valence electrons. The number of furan rings is 1. The van der Waals surface area contributed by atoms with E-state index in [4.69, 9.17) is 20.6 Å². The van der Waals surface area contributed by atoms with Crippen LogP contribution < -0.4 is 26.4 Å². The number of aromatic nitrogens is 1. The van der Waals surface area contributed by atoms with E-state index < -0.39 is 29.3 Å². The number of benzene rings is 1. The third-order valence-corrected chi connectivity index (χ3v) is 5.61. The number of hydrogen-bond acceptors (Lipinski definition) is 8. The van der Waals surface area contributed by atoms with Crippen molar-refractivity contribution in [2.24, 2.45) is 5.73 Å². The van der Waals surface area contributed by atoms with Gasteiger partial charge in [-0.1, -0.05) is 12.1 Å². The summed E-state index contributed by atoms with van der Waals surface area (Å²) >= 11 is 0.722. The number of methoxy groups -OCH3 is 1. The fourth-order valence-electron chi connectivity index (χ4n) is 3.35. The highest BCUT2D eigenvalue weighted by atomic mass is 32.1. The molecule has 0 aliphatic heterocycles. The first-order chi connectivity index (χ1) is 15.9. The lowest BCUT2D eigenvalue weighted by Crippen LogP contribution is -2.49. The van der Waals surface area contributed by atoms with Crippen LogP contribution in [0.15, 0.2) is 40.8 Å². The monoisotopic (exact) mass is 485 g/mol. The molecule has 2 heterocycles. The first kappa shape index (κ1) is 24.8. The number of nitrogens with zero attached hydrogens (tertiary/aromatic N) is 2. The maximum Gasteiger partial charge on any atom is 0.273 e. The number of amides is 3. The summed E-state index contributed by atoms with van der Waals surface area (Å²) in [5.41, 5.74) is 10.7. The molecule has 1 aromatic carbocycles. The molecule has 5 N–H and O–H groups in total. The van der Waals surface area contributed by atoms with E-state index in [9.17, 15) is 14.4 Å². The molecule has 0 aliphatic carbocycles. The van der Waals surface area contributed by atoms with E-state index in [1.165, 1.54) is 12.0 Å². The quantitative estimate of drug-likeness (QED) is 0.465. The molecule has 2 aromatic heterocycles. The van der Waals surface area contributed by atoms with Crippen LogP contribution in [-0.4, -0.2) is 34.7 Å². The molecule has 0 radical (unpaired) electrons. The number of anilines is 2. The highest BCUT2D eigenvalue weighted by Gasteiger charge is 2.40. The van der Waals surface area contributed by atoms with Crippen LogP contribution in [-0.2, 0) is 4.79 Å². The Morgan fingerprint density at radius 2 is 1.85 bits per heavy atom. The lowest BCUT2D eigenvalue weighted by Gasteiger charge is -2.32. The summed E-state index contributed by atoms with van der Waals surface area (Å²) in [5.74, 6) is -0.887. The first-order valence-corrected chi connectivity index (χ1v) is 11.1. The van der Waals surface area contributed by atoms with Crippen molar-refractivity contribution < 1.29 is 23.5 Å². The minimum atomic E-state index is -1.23. The number of nitrogens with one attached hydrogen (secondary N) is 1. The largest absolute Gasteiger partial charge is 0.495 e. The Kier molecular flexibility index (Phi) is 6.96. The maximum atomic E-state index is 13.9. The summed E-state index contributed by atoms with van der Waals surface area (Å²) in [5, 5.41) is 2.91. The van der Waals surface area contributed by atoms with Crippen LogP contribution in [0.25, 0.3) is 0 Å². The molecule has 0 bridgehead atoms. The van der Waals surface area contributed by atoms with Gasteiger partial charge in [-0.3, -0.25) is 19.3 Å². The molecule has 0 fully saturated rings. The number of hydrogen-bond donors (Lipinski definition) is 3. The average Bonchev–Trinajstić information content (AvgIpc) is 3.35. The van der Waals surface area contributed by atoms with Crippen molar-refractivity contribution in [1.29, 1.82) is 0 Å². The number of carbonyl (C=O) groups is 3. The van der Waals surface area contributed by atoms with Crippen LogP contribution >= 0.6 is 11.5 Å². The first-order valence-electron chi connectivity index (χ1n) is 10.3. The Morgan fingerprint density at radius 3 is 2.38 bits per heavy atom. The molecule has 3 aromatic rings. The minimum absolute atomic E-state index is 0.0449. The summed E-state index contributed by atoms with van der Waals surface area (Å²) in [7, 11) is 1.45. The predicted molar refractivity (Wildman–Crippen MR) is 129 cm³/mol. The summed E-state index contributed by atoms with van der Waals surface area (Å²) in [6, 6.07) is 8.83. The molecule has 0 spiro atoms. The van der Waals surface area contributed by atoms with Gasteiger partial charge >= 0.3 is 0 Å². The Balaban J connectivity index is 2.26. The zero-order valence-corrected chi connectivity index (χ0v) is 20.4. The molecule has 3 rings (SSSR count). The van der Waals surface area contributed by atoms with Gasteiger partial charge in [0, 0.05) is 5.54 Å². The van der Waals surface area contributed by atoms with Crippen LogP contribution in [0.5, 0.6) is 5.75 Å². The van der Waals surface area contributed by atoms with E-state index in [-0.39, 0.29) is 22.0 Å². The van der Waals surface area contributed by atoms with Crippen molar-refractivity contribution in [1.82, 2.24) is 9.69 Å². The van der Waals surface area contributed by atoms with E-state index >= 15 is 0 Å². The van der Waals surface area contributed by atoms with Gasteiger partial charge in [-0.2, -0.15) is 4.37 Å². The molecular weight excluding hydrogens is 458 g/mol. The standard InChI is InChI=1S/C23H27N5O5S/c1-12-10-11-15(33-12)18(21(30)26-23(2,3)4)28(13-8-6-7-9-14(13)32-5)22(31)19-16(24)17(20(25)29)27-34-19/h6-11,18H,24H2,1-5H3,(H2,25,29)(H,26,30). The Morgan fingerprint density at radius 1 is 1.18 bits per heavy atom. The van der Waals surface area contributed by atoms with Gasteiger partial charge in [0.1, 0.15) is 22.1 Å². The molecule has 11 heteroatoms. The normalized spacial score (nSPS) is 12.1. The SMILES string of the molecule is COc1ccccc1N(C(=O)c1snc(C(N)=O)c1N)C(C(=O)NC(C)(C)C)c1ccc(C)o1. The second-order valence-electron chi connectivity index (χ2n) is 8.58. The van der Waals surface area contributed by atoms with E-state index in [0.29, 0.717) is 17.2 Å². The van der Waals surface area contributed by atoms with E-state index in [1.807, 2.05) is 20.8 Å². The van der Waals surface area contributed by atoms with Crippen LogP contribution in [0.3, 0.4) is 0 Å². The highest BCUT2D eigenvalue weighted by molar-refractivity contribution is 7.09. The third kappa shape index (κ3) is 5.04. The lowest BCUT2D eigenvalue weighted by molar-refractivity contribution is -0.124. The number of carbonyl (C=O) groups excluding carboxylic acids is 3. The summed E-state index contributed by atoms with van der Waals surface area (Å²) in [4.78, 5) is 40.4. The molecular formula is C23H27N5O5S. The third-order valence-electron chi connectivity index (χ3n) is 4.75. The average molecular weight is 486 g/mol. The van der Waals surface area contributed by atoms with Crippen molar-refractivity contribution in [3.63, 3.8) is 0 Å². The van der Waals surface area contributed by atoms with Crippen molar-refractivity contribution in [2.45, 2.75) is 39.3 Å². The number of rotatable bonds is 7. The van der Waals surface area contributed by atoms with Gasteiger partial charge in [0.15, 0.2) is 11.7 Å². The van der Waals surface area contributed by atoms with Crippen molar-refractivity contribution in [3.05, 3.63) is 58.5 Å². The fourth-order valence-corrected chi connectivity index (χ4v) is 4.09. The van der Waals surface area contributed by atoms with Crippen molar-refractivity contribution >= 4 is 40.6 Å². The lowest BCUT2D eigenvalue weighted by atomic mass is 10.0. The number of para-hydroxylation sites is 2. The molecule has 1 unspecified atom stereocenters. The van der Waals surface area contributed by atoms with E-state index in [1.54, 1.807) is 43.3 Å². The van der Waals surface area contributed by atoms with Crippen LogP contribution in [0.1, 0.15) is 58.5 Å². The van der Waals surface area contributed by atoms with Gasteiger partial charge in [-0.15, -0.1) is 0 Å². The van der Waals surface area contributed by atoms with Crippen LogP contribution in [0.2, 0.25) is 0 Å². The molecule has 34 heavy (non-hydrogen) atoms. The molecule has 0 aliphatic rings. The summed E-state index contributed by atoms with van der Waals surface area (Å²) in [6.07, 6.45) is 0. The van der Waals surface area contributed by atoms with Gasteiger partial charge in [-0.05, 0) is 63.5 Å². The maximum absolute atomic E-state index is 13.9. The fraction of sp³-hybridized carbons (Fsp3) is 0.304. The number of aryl methyl sites for hydroxylation is 1. The van der Waals surface area contributed by atoms with Gasteiger partial charge in [0.05, 0.1) is 18.5 Å². The zero-order valence-electron chi connectivity index (χ0n) is 19.5. The van der Waals surface area contributed by atoms with E-state index in [2.05, 4.69) is 9.69 Å². The topological polar surface area (TPSA) is 154 Å². The molecule has 0 saturated carbocycles. The van der Waals surface area contributed by atoms with Crippen molar-refractivity contribution in [2.75, 3.05) is 17.7 Å². The zero-order chi connectivity index (χ0) is 25.2. The molecule has 3 amide bonds. The summed E-state index contributed by atoms with van der Waals surface area (Å²) in [6.45, 7) is 7.21. The predicted octanol–water partition coefficient (Wildman–Crippen LogP) is 3.04. The smallest absolute Gasteiger partial charge is 0.273 e. The number of nitrogens with two attached hydrogens (primary N) is 2. The second kappa shape index (κ2) is 9.56. The van der Waals surface area contributed by atoms with Gasteiger partial charge in [-0.25, -0.2) is 0 Å². The number of primary amides is 1. The van der Waals surface area contributed by atoms with E-state index in [0.717, 1.165) is 11.5 Å². The van der Waals surface area contributed by atoms with Crippen molar-refractivity contribution in [3.8, 4) is 5.75 Å². The van der Waals surface area contributed by atoms with Gasteiger partial charge in [0.2, 0.25) is 0 Å². The Labute approximate surface area is 201 Å². The van der Waals surface area contributed by atoms with Crippen LogP contribution in [0.4, 0.5) is 11.4 Å². The van der Waals surface area contributed by atoms with Crippen LogP contribution in [0, 0.1) is 6.92 Å². The van der Waals surface area contributed by atoms with Gasteiger partial charge < -0.3 is 25.9 Å². The minimum Gasteiger partial charge on any atom is -0.495 e. The summed E-state index contributed by atoms with van der Waals surface area (Å²) < 4.78 is 15.2. The molecule has 10 nitrogen and oxygen atoms in total. The molecule has 0 saturated heterocycles. The number of nitrogen functional groups attached to an aromatic ring is 1. The Bertz CT molecular complexity index is 1230.